The van der Waals surface area contributed by atoms with Gasteiger partial charge in [-0.15, -0.1) is 0 Å². The van der Waals surface area contributed by atoms with Crippen molar-refractivity contribution in [2.24, 2.45) is 5.41 Å². The van der Waals surface area contributed by atoms with Crippen LogP contribution in [-0.4, -0.2) is 23.1 Å². The Kier molecular flexibility index (Phi) is 3.92. The maximum absolute atomic E-state index is 13.0. The van der Waals surface area contributed by atoms with Crippen LogP contribution in [0.4, 0.5) is 14.9 Å². The van der Waals surface area contributed by atoms with Crippen LogP contribution in [0.1, 0.15) is 26.2 Å². The average Bonchev–Trinajstić information content (AvgIpc) is 2.72. The van der Waals surface area contributed by atoms with Gasteiger partial charge in [-0.3, -0.25) is 4.79 Å². The van der Waals surface area contributed by atoms with Gasteiger partial charge in [0, 0.05) is 11.7 Å². The van der Waals surface area contributed by atoms with E-state index in [1.807, 2.05) is 0 Å². The van der Waals surface area contributed by atoms with E-state index in [-0.39, 0.29) is 0 Å². The van der Waals surface area contributed by atoms with Gasteiger partial charge in [0.2, 0.25) is 0 Å². The second-order valence-corrected chi connectivity index (χ2v) is 5.28. The molecule has 20 heavy (non-hydrogen) atoms. The highest BCUT2D eigenvalue weighted by atomic mass is 19.1. The fraction of sp³-hybridized carbons (Fsp3) is 0.429. The van der Waals surface area contributed by atoms with Crippen molar-refractivity contribution in [1.82, 2.24) is 5.32 Å². The van der Waals surface area contributed by atoms with Gasteiger partial charge in [-0.05, 0) is 38.0 Å². The highest BCUT2D eigenvalue weighted by Gasteiger charge is 2.45. The third-order valence-electron chi connectivity index (χ3n) is 3.83. The quantitative estimate of drug-likeness (QED) is 0.796. The fourth-order valence-corrected chi connectivity index (χ4v) is 2.55. The summed E-state index contributed by atoms with van der Waals surface area (Å²) in [7, 11) is 0. The molecule has 1 aromatic rings. The first-order chi connectivity index (χ1) is 9.41. The molecule has 0 aromatic heterocycles. The zero-order valence-corrected chi connectivity index (χ0v) is 11.1. The summed E-state index contributed by atoms with van der Waals surface area (Å²) in [4.78, 5) is 23.1. The number of rotatable bonds is 3. The van der Waals surface area contributed by atoms with Crippen LogP contribution >= 0.6 is 0 Å². The van der Waals surface area contributed by atoms with E-state index in [0.717, 1.165) is 6.42 Å². The van der Waals surface area contributed by atoms with Crippen molar-refractivity contribution in [3.05, 3.63) is 30.1 Å². The Morgan fingerprint density at radius 1 is 1.45 bits per heavy atom. The molecule has 3 N–H and O–H groups in total. The summed E-state index contributed by atoms with van der Waals surface area (Å²) in [6.45, 7) is 1.63. The van der Waals surface area contributed by atoms with Crippen molar-refractivity contribution >= 4 is 17.7 Å². The van der Waals surface area contributed by atoms with Crippen LogP contribution in [0.3, 0.4) is 0 Å². The summed E-state index contributed by atoms with van der Waals surface area (Å²) in [5.41, 5.74) is -0.614. The third kappa shape index (κ3) is 2.89. The van der Waals surface area contributed by atoms with Gasteiger partial charge in [0.05, 0.1) is 5.41 Å². The maximum Gasteiger partial charge on any atom is 0.319 e. The Morgan fingerprint density at radius 3 is 2.85 bits per heavy atom. The molecule has 1 saturated carbocycles. The van der Waals surface area contributed by atoms with Crippen molar-refractivity contribution in [2.45, 2.75) is 32.2 Å². The van der Waals surface area contributed by atoms with Gasteiger partial charge in [0.25, 0.3) is 0 Å². The summed E-state index contributed by atoms with van der Waals surface area (Å²) in [6.07, 6.45) is 1.92. The standard InChI is InChI=1S/C14H17FN2O3/c1-14(12(18)19)7-3-6-11(14)17-13(20)16-10-5-2-4-9(15)8-10/h2,4-5,8,11H,3,6-7H2,1H3,(H,18,19)(H2,16,17,20). The molecule has 2 rings (SSSR count). The van der Waals surface area contributed by atoms with Crippen LogP contribution in [0.25, 0.3) is 0 Å². The van der Waals surface area contributed by atoms with Crippen LogP contribution in [-0.2, 0) is 4.79 Å². The van der Waals surface area contributed by atoms with Gasteiger partial charge in [-0.25, -0.2) is 9.18 Å². The van der Waals surface area contributed by atoms with Crippen molar-refractivity contribution in [1.29, 1.82) is 0 Å². The smallest absolute Gasteiger partial charge is 0.319 e. The Labute approximate surface area is 116 Å². The molecule has 2 unspecified atom stereocenters. The van der Waals surface area contributed by atoms with Gasteiger partial charge in [0.1, 0.15) is 5.82 Å². The van der Waals surface area contributed by atoms with Crippen LogP contribution in [0.2, 0.25) is 0 Å². The minimum absolute atomic E-state index is 0.331. The molecule has 0 heterocycles. The van der Waals surface area contributed by atoms with Gasteiger partial charge in [-0.2, -0.15) is 0 Å². The minimum Gasteiger partial charge on any atom is -0.481 e. The van der Waals surface area contributed by atoms with E-state index in [2.05, 4.69) is 10.6 Å². The predicted octanol–water partition coefficient (Wildman–Crippen LogP) is 2.59. The fourth-order valence-electron chi connectivity index (χ4n) is 2.55. The molecular weight excluding hydrogens is 263 g/mol. The summed E-state index contributed by atoms with van der Waals surface area (Å²) in [5.74, 6) is -1.36. The zero-order valence-electron chi connectivity index (χ0n) is 11.1. The number of carboxylic acid groups (broad SMARTS) is 1. The van der Waals surface area contributed by atoms with E-state index in [9.17, 15) is 19.1 Å². The van der Waals surface area contributed by atoms with Crippen molar-refractivity contribution in [3.8, 4) is 0 Å². The molecule has 1 fully saturated rings. The van der Waals surface area contributed by atoms with Crippen LogP contribution in [0.15, 0.2) is 24.3 Å². The number of carbonyl (C=O) groups excluding carboxylic acids is 1. The number of amides is 2. The molecule has 1 aliphatic rings. The molecule has 0 aliphatic heterocycles. The van der Waals surface area contributed by atoms with Gasteiger partial charge in [0.15, 0.2) is 0 Å². The van der Waals surface area contributed by atoms with Gasteiger partial charge in [-0.1, -0.05) is 12.5 Å². The predicted molar refractivity (Wildman–Crippen MR) is 71.9 cm³/mol. The number of carboxylic acids is 1. The number of aliphatic carboxylic acids is 1. The second-order valence-electron chi connectivity index (χ2n) is 5.28. The molecule has 0 saturated heterocycles. The summed E-state index contributed by atoms with van der Waals surface area (Å²) < 4.78 is 13.0. The highest BCUT2D eigenvalue weighted by molar-refractivity contribution is 5.90. The van der Waals surface area contributed by atoms with E-state index < -0.39 is 29.3 Å². The van der Waals surface area contributed by atoms with Gasteiger partial charge >= 0.3 is 12.0 Å². The number of carbonyl (C=O) groups is 2. The number of benzene rings is 1. The zero-order chi connectivity index (χ0) is 14.8. The Balaban J connectivity index is 2.00. The number of hydrogen-bond acceptors (Lipinski definition) is 2. The number of hydrogen-bond donors (Lipinski definition) is 3. The monoisotopic (exact) mass is 280 g/mol. The van der Waals surface area contributed by atoms with Crippen molar-refractivity contribution in [3.63, 3.8) is 0 Å². The number of anilines is 1. The molecule has 0 spiro atoms. The summed E-state index contributed by atoms with van der Waals surface area (Å²) >= 11 is 0. The number of halogens is 1. The molecule has 0 bridgehead atoms. The summed E-state index contributed by atoms with van der Waals surface area (Å²) in [5, 5.41) is 14.4. The lowest BCUT2D eigenvalue weighted by Gasteiger charge is -2.27. The van der Waals surface area contributed by atoms with Gasteiger partial charge < -0.3 is 15.7 Å². The average molecular weight is 280 g/mol. The first kappa shape index (κ1) is 14.3. The van der Waals surface area contributed by atoms with Crippen LogP contribution in [0.5, 0.6) is 0 Å². The minimum atomic E-state index is -0.945. The lowest BCUT2D eigenvalue weighted by atomic mass is 9.85. The van der Waals surface area contributed by atoms with E-state index in [1.165, 1.54) is 18.2 Å². The molecule has 2 amide bonds. The molecule has 5 nitrogen and oxygen atoms in total. The second kappa shape index (κ2) is 5.48. The lowest BCUT2D eigenvalue weighted by Crippen LogP contribution is -2.48. The van der Waals surface area contributed by atoms with E-state index in [1.54, 1.807) is 13.0 Å². The molecule has 1 aliphatic carbocycles. The molecule has 6 heteroatoms. The van der Waals surface area contributed by atoms with Crippen molar-refractivity contribution < 1.29 is 19.1 Å². The maximum atomic E-state index is 13.0. The van der Waals surface area contributed by atoms with E-state index >= 15 is 0 Å². The Morgan fingerprint density at radius 2 is 2.20 bits per heavy atom. The first-order valence-electron chi connectivity index (χ1n) is 6.48. The molecule has 1 aromatic carbocycles. The lowest BCUT2D eigenvalue weighted by molar-refractivity contribution is -0.148. The van der Waals surface area contributed by atoms with Crippen molar-refractivity contribution in [2.75, 3.05) is 5.32 Å². The normalized spacial score (nSPS) is 25.2. The Hall–Kier alpha value is -2.11. The third-order valence-corrected chi connectivity index (χ3v) is 3.83. The van der Waals surface area contributed by atoms with E-state index in [4.69, 9.17) is 0 Å². The number of nitrogens with one attached hydrogen (secondary N) is 2. The molecular formula is C14H17FN2O3. The number of urea groups is 1. The highest BCUT2D eigenvalue weighted by Crippen LogP contribution is 2.38. The van der Waals surface area contributed by atoms with Crippen LogP contribution < -0.4 is 10.6 Å². The largest absolute Gasteiger partial charge is 0.481 e. The SMILES string of the molecule is CC1(C(=O)O)CCCC1NC(=O)Nc1cccc(F)c1. The first-order valence-corrected chi connectivity index (χ1v) is 6.48. The molecule has 2 atom stereocenters. The topological polar surface area (TPSA) is 78.4 Å². The molecule has 108 valence electrons. The molecule has 0 radical (unpaired) electrons. The Bertz CT molecular complexity index is 535. The van der Waals surface area contributed by atoms with Crippen LogP contribution in [0, 0.1) is 11.2 Å². The van der Waals surface area contributed by atoms with E-state index in [0.29, 0.717) is 18.5 Å². The summed E-state index contributed by atoms with van der Waals surface area (Å²) in [6, 6.07) is 4.59.